The lowest BCUT2D eigenvalue weighted by molar-refractivity contribution is 0.0966. The van der Waals surface area contributed by atoms with E-state index in [2.05, 4.69) is 22.8 Å². The maximum absolute atomic E-state index is 13.8. The Hall–Kier alpha value is -3.34. The number of fused-ring (bicyclic) bond motifs is 1. The first-order valence-electron chi connectivity index (χ1n) is 9.33. The number of aromatic hydroxyl groups is 1. The number of carbonyl (C=O) groups is 1. The van der Waals surface area contributed by atoms with Crippen molar-refractivity contribution in [2.24, 2.45) is 0 Å². The molecule has 1 amide bonds. The molecule has 3 N–H and O–H groups in total. The number of anilines is 1. The lowest BCUT2D eigenvalue weighted by Gasteiger charge is -2.13. The third-order valence-electron chi connectivity index (χ3n) is 4.93. The third-order valence-corrected chi connectivity index (χ3v) is 4.93. The molecule has 4 nitrogen and oxygen atoms in total. The SMILES string of the molecule is O=C1NCc2c1cc(NCCCc1ccccc1)cc2-c1cc(O)cc(F)c1. The maximum Gasteiger partial charge on any atom is 0.251 e. The molecule has 28 heavy (non-hydrogen) atoms. The van der Waals surface area contributed by atoms with Crippen molar-refractivity contribution in [2.75, 3.05) is 11.9 Å². The van der Waals surface area contributed by atoms with E-state index in [0.717, 1.165) is 42.3 Å². The van der Waals surface area contributed by atoms with E-state index in [-0.39, 0.29) is 11.7 Å². The zero-order valence-corrected chi connectivity index (χ0v) is 15.3. The molecule has 5 heteroatoms. The Morgan fingerprint density at radius 2 is 1.82 bits per heavy atom. The molecule has 1 aliphatic heterocycles. The molecule has 3 aromatic rings. The molecule has 0 spiro atoms. The van der Waals surface area contributed by atoms with E-state index in [1.165, 1.54) is 17.7 Å². The van der Waals surface area contributed by atoms with Gasteiger partial charge >= 0.3 is 0 Å². The minimum Gasteiger partial charge on any atom is -0.508 e. The van der Waals surface area contributed by atoms with E-state index < -0.39 is 5.82 Å². The Labute approximate surface area is 163 Å². The molecule has 1 aliphatic rings. The van der Waals surface area contributed by atoms with Crippen molar-refractivity contribution in [1.29, 1.82) is 0 Å². The zero-order chi connectivity index (χ0) is 19.5. The topological polar surface area (TPSA) is 61.4 Å². The van der Waals surface area contributed by atoms with Crippen LogP contribution in [0.1, 0.15) is 27.9 Å². The molecule has 0 atom stereocenters. The van der Waals surface area contributed by atoms with Crippen LogP contribution in [-0.2, 0) is 13.0 Å². The number of halogens is 1. The highest BCUT2D eigenvalue weighted by molar-refractivity contribution is 6.01. The average Bonchev–Trinajstić information content (AvgIpc) is 3.06. The Morgan fingerprint density at radius 1 is 1.04 bits per heavy atom. The maximum atomic E-state index is 13.8. The molecule has 0 fully saturated rings. The lowest BCUT2D eigenvalue weighted by atomic mass is 9.95. The Morgan fingerprint density at radius 3 is 2.61 bits per heavy atom. The van der Waals surface area contributed by atoms with E-state index >= 15 is 0 Å². The summed E-state index contributed by atoms with van der Waals surface area (Å²) in [5.41, 5.74) is 4.81. The number of nitrogens with one attached hydrogen (secondary N) is 2. The van der Waals surface area contributed by atoms with Crippen molar-refractivity contribution in [3.63, 3.8) is 0 Å². The second-order valence-corrected chi connectivity index (χ2v) is 6.95. The Kier molecular flexibility index (Phi) is 4.98. The van der Waals surface area contributed by atoms with Crippen molar-refractivity contribution in [3.05, 3.63) is 83.2 Å². The number of benzene rings is 3. The van der Waals surface area contributed by atoms with Crippen molar-refractivity contribution >= 4 is 11.6 Å². The van der Waals surface area contributed by atoms with Crippen LogP contribution in [0.15, 0.2) is 60.7 Å². The molecule has 3 aromatic carbocycles. The fourth-order valence-corrected chi connectivity index (χ4v) is 3.59. The van der Waals surface area contributed by atoms with Gasteiger partial charge in [-0.05, 0) is 59.4 Å². The zero-order valence-electron chi connectivity index (χ0n) is 15.3. The Balaban J connectivity index is 1.56. The van der Waals surface area contributed by atoms with Gasteiger partial charge in [-0.25, -0.2) is 4.39 Å². The largest absolute Gasteiger partial charge is 0.508 e. The van der Waals surface area contributed by atoms with Crippen molar-refractivity contribution in [1.82, 2.24) is 5.32 Å². The van der Waals surface area contributed by atoms with E-state index in [9.17, 15) is 14.3 Å². The van der Waals surface area contributed by atoms with Gasteiger partial charge < -0.3 is 15.7 Å². The van der Waals surface area contributed by atoms with Crippen LogP contribution in [0.4, 0.5) is 10.1 Å². The molecule has 1 heterocycles. The number of carbonyl (C=O) groups excluding carboxylic acids is 1. The molecular weight excluding hydrogens is 355 g/mol. The molecule has 0 saturated carbocycles. The van der Waals surface area contributed by atoms with Crippen LogP contribution in [-0.4, -0.2) is 17.6 Å². The molecule has 0 aliphatic carbocycles. The molecular formula is C23H21FN2O2. The van der Waals surface area contributed by atoms with Gasteiger partial charge in [0.2, 0.25) is 0 Å². The number of hydrogen-bond acceptors (Lipinski definition) is 3. The van der Waals surface area contributed by atoms with Crippen molar-refractivity contribution < 1.29 is 14.3 Å². The van der Waals surface area contributed by atoms with Crippen LogP contribution in [0.3, 0.4) is 0 Å². The van der Waals surface area contributed by atoms with Gasteiger partial charge in [-0.2, -0.15) is 0 Å². The minimum absolute atomic E-state index is 0.134. The van der Waals surface area contributed by atoms with Crippen LogP contribution in [0.25, 0.3) is 11.1 Å². The predicted octanol–water partition coefficient (Wildman–Crippen LogP) is 4.49. The molecule has 0 radical (unpaired) electrons. The van der Waals surface area contributed by atoms with Gasteiger partial charge in [0.25, 0.3) is 5.91 Å². The highest BCUT2D eigenvalue weighted by atomic mass is 19.1. The summed E-state index contributed by atoms with van der Waals surface area (Å²) in [7, 11) is 0. The van der Waals surface area contributed by atoms with E-state index in [4.69, 9.17) is 0 Å². The first-order valence-corrected chi connectivity index (χ1v) is 9.33. The molecule has 0 saturated heterocycles. The van der Waals surface area contributed by atoms with Crippen LogP contribution in [0, 0.1) is 5.82 Å². The van der Waals surface area contributed by atoms with Crippen molar-refractivity contribution in [2.45, 2.75) is 19.4 Å². The third kappa shape index (κ3) is 3.83. The number of phenols is 1. The molecule has 4 rings (SSSR count). The highest BCUT2D eigenvalue weighted by Crippen LogP contribution is 2.34. The summed E-state index contributed by atoms with van der Waals surface area (Å²) in [6, 6.07) is 18.0. The second kappa shape index (κ2) is 7.72. The summed E-state index contributed by atoms with van der Waals surface area (Å²) in [4.78, 5) is 12.2. The summed E-state index contributed by atoms with van der Waals surface area (Å²) in [5, 5.41) is 16.0. The van der Waals surface area contributed by atoms with Crippen LogP contribution >= 0.6 is 0 Å². The molecule has 0 aromatic heterocycles. The normalized spacial score (nSPS) is 12.5. The van der Waals surface area contributed by atoms with E-state index in [0.29, 0.717) is 17.7 Å². The fraction of sp³-hybridized carbons (Fsp3) is 0.174. The van der Waals surface area contributed by atoms with Gasteiger partial charge in [-0.3, -0.25) is 4.79 Å². The van der Waals surface area contributed by atoms with Gasteiger partial charge in [-0.1, -0.05) is 30.3 Å². The van der Waals surface area contributed by atoms with Crippen LogP contribution in [0.2, 0.25) is 0 Å². The van der Waals surface area contributed by atoms with Gasteiger partial charge in [-0.15, -0.1) is 0 Å². The van der Waals surface area contributed by atoms with Crippen LogP contribution in [0.5, 0.6) is 5.75 Å². The molecule has 0 unspecified atom stereocenters. The summed E-state index contributed by atoms with van der Waals surface area (Å²) < 4.78 is 13.8. The first kappa shape index (κ1) is 18.0. The van der Waals surface area contributed by atoms with Gasteiger partial charge in [0.05, 0.1) is 0 Å². The number of phenolic OH excluding ortho intramolecular Hbond substituents is 1. The second-order valence-electron chi connectivity index (χ2n) is 6.95. The standard InChI is InChI=1S/C23H21FN2O2/c24-17-9-16(10-19(27)11-17)20-12-18(13-21-22(20)14-26-23(21)28)25-8-4-7-15-5-2-1-3-6-15/h1-3,5-6,9-13,25,27H,4,7-8,14H2,(H,26,28). The number of hydrogen-bond donors (Lipinski definition) is 3. The average molecular weight is 376 g/mol. The fourth-order valence-electron chi connectivity index (χ4n) is 3.59. The Bertz CT molecular complexity index is 998. The highest BCUT2D eigenvalue weighted by Gasteiger charge is 2.23. The molecule has 142 valence electrons. The van der Waals surface area contributed by atoms with Crippen molar-refractivity contribution in [3.8, 4) is 16.9 Å². The monoisotopic (exact) mass is 376 g/mol. The summed E-state index contributed by atoms with van der Waals surface area (Å²) in [5.74, 6) is -0.783. The van der Waals surface area contributed by atoms with Gasteiger partial charge in [0.15, 0.2) is 0 Å². The summed E-state index contributed by atoms with van der Waals surface area (Å²) >= 11 is 0. The first-order chi connectivity index (χ1) is 13.6. The van der Waals surface area contributed by atoms with Gasteiger partial charge in [0, 0.05) is 30.4 Å². The summed E-state index contributed by atoms with van der Waals surface area (Å²) in [6.45, 7) is 1.15. The van der Waals surface area contributed by atoms with Crippen LogP contribution < -0.4 is 10.6 Å². The lowest BCUT2D eigenvalue weighted by Crippen LogP contribution is -2.12. The van der Waals surface area contributed by atoms with Gasteiger partial charge in [0.1, 0.15) is 11.6 Å². The smallest absolute Gasteiger partial charge is 0.251 e. The molecule has 0 bridgehead atoms. The number of aryl methyl sites for hydroxylation is 1. The van der Waals surface area contributed by atoms with E-state index in [1.54, 1.807) is 0 Å². The van der Waals surface area contributed by atoms with E-state index in [1.807, 2.05) is 30.3 Å². The summed E-state index contributed by atoms with van der Waals surface area (Å²) in [6.07, 6.45) is 1.91. The number of rotatable bonds is 6. The quantitative estimate of drug-likeness (QED) is 0.556. The minimum atomic E-state index is -0.512. The predicted molar refractivity (Wildman–Crippen MR) is 108 cm³/mol. The number of amides is 1.